The van der Waals surface area contributed by atoms with Gasteiger partial charge in [0.15, 0.2) is 0 Å². The van der Waals surface area contributed by atoms with Gasteiger partial charge in [-0.2, -0.15) is 0 Å². The van der Waals surface area contributed by atoms with Crippen LogP contribution in [0.5, 0.6) is 0 Å². The average Bonchev–Trinajstić information content (AvgIpc) is 2.95. The molecule has 1 unspecified atom stereocenters. The summed E-state index contributed by atoms with van der Waals surface area (Å²) >= 11 is 0. The summed E-state index contributed by atoms with van der Waals surface area (Å²) in [5.41, 5.74) is 0.629. The highest BCUT2D eigenvalue weighted by molar-refractivity contribution is 5.73. The Hall–Kier alpha value is -0.950. The Morgan fingerprint density at radius 3 is 2.29 bits per heavy atom. The number of likely N-dealkylation sites (N-methyl/N-ethyl adjacent to an activating group) is 1. The quantitative estimate of drug-likeness (QED) is 0.261. The van der Waals surface area contributed by atoms with Crippen molar-refractivity contribution in [1.82, 2.24) is 4.90 Å². The van der Waals surface area contributed by atoms with Crippen LogP contribution in [0.1, 0.15) is 108 Å². The molecule has 0 aromatic rings. The average molecular weight is 630 g/mol. The maximum atomic E-state index is 13.4. The van der Waals surface area contributed by atoms with Gasteiger partial charge in [-0.1, -0.05) is 74.0 Å². The van der Waals surface area contributed by atoms with Crippen molar-refractivity contribution >= 4 is 5.97 Å². The molecular formula is C39H67NO5. The number of nitrogens with zero attached hydrogens (tertiary/aromatic N) is 1. The van der Waals surface area contributed by atoms with Crippen LogP contribution in [0.25, 0.3) is 0 Å². The number of ether oxygens (including phenoxy) is 3. The SMILES string of the molecule is CO[C@@H]1C[C@@]23COCC(C)([C@H]1OC[C@@](C)(C(C)C)N(C)C)[C@@H]2CC[C@H]1C3=CC[C@@]2(C)[C@H](C(=O)O)[C@@](C)([C@H](C)C(C)C)CC[C@]12C. The molecule has 0 radical (unpaired) electrons. The number of carboxylic acids is 1. The molecule has 1 aliphatic heterocycles. The van der Waals surface area contributed by atoms with Crippen LogP contribution in [0, 0.1) is 62.6 Å². The van der Waals surface area contributed by atoms with Crippen LogP contribution in [-0.4, -0.2) is 74.7 Å². The Balaban J connectivity index is 1.54. The molecule has 0 amide bonds. The zero-order chi connectivity index (χ0) is 33.5. The van der Waals surface area contributed by atoms with Crippen LogP contribution >= 0.6 is 0 Å². The second-order valence-corrected chi connectivity index (χ2v) is 18.5. The van der Waals surface area contributed by atoms with Gasteiger partial charge in [-0.25, -0.2) is 0 Å². The minimum atomic E-state index is -0.598. The number of fused-ring (bicyclic) bond motifs is 3. The fourth-order valence-corrected chi connectivity index (χ4v) is 12.2. The number of carboxylic acid groups (broad SMARTS) is 1. The fraction of sp³-hybridized carbons (Fsp3) is 0.923. The molecule has 1 N–H and O–H groups in total. The number of hydrogen-bond donors (Lipinski definition) is 1. The molecule has 1 saturated heterocycles. The molecule has 3 saturated carbocycles. The predicted molar refractivity (Wildman–Crippen MR) is 181 cm³/mol. The van der Waals surface area contributed by atoms with Gasteiger partial charge in [-0.05, 0) is 105 Å². The molecular weight excluding hydrogens is 562 g/mol. The maximum absolute atomic E-state index is 13.4. The number of methoxy groups -OCH3 is 1. The van der Waals surface area contributed by atoms with Crippen LogP contribution in [-0.2, 0) is 19.0 Å². The topological polar surface area (TPSA) is 68.2 Å². The Morgan fingerprint density at radius 2 is 1.73 bits per heavy atom. The third kappa shape index (κ3) is 4.79. The van der Waals surface area contributed by atoms with Crippen molar-refractivity contribution in [2.45, 2.75) is 126 Å². The molecule has 12 atom stereocenters. The Bertz CT molecular complexity index is 1160. The molecule has 0 aromatic carbocycles. The summed E-state index contributed by atoms with van der Waals surface area (Å²) in [5.74, 6) is 1.09. The summed E-state index contributed by atoms with van der Waals surface area (Å²) in [6.07, 6.45) is 8.53. The summed E-state index contributed by atoms with van der Waals surface area (Å²) in [4.78, 5) is 15.7. The molecule has 5 aliphatic rings. The van der Waals surface area contributed by atoms with Gasteiger partial charge in [0.2, 0.25) is 0 Å². The van der Waals surface area contributed by atoms with Crippen molar-refractivity contribution in [2.24, 2.45) is 62.6 Å². The van der Waals surface area contributed by atoms with Crippen LogP contribution in [0.3, 0.4) is 0 Å². The van der Waals surface area contributed by atoms with Crippen LogP contribution in [0.15, 0.2) is 11.6 Å². The summed E-state index contributed by atoms with van der Waals surface area (Å²) in [6.45, 7) is 25.3. The molecule has 45 heavy (non-hydrogen) atoms. The van der Waals surface area contributed by atoms with E-state index in [0.717, 1.165) is 45.1 Å². The van der Waals surface area contributed by atoms with E-state index in [1.165, 1.54) is 0 Å². The summed E-state index contributed by atoms with van der Waals surface area (Å²) in [7, 11) is 6.19. The van der Waals surface area contributed by atoms with Crippen LogP contribution in [0.4, 0.5) is 0 Å². The number of carbonyl (C=O) groups is 1. The van der Waals surface area contributed by atoms with Gasteiger partial charge in [-0.15, -0.1) is 0 Å². The van der Waals surface area contributed by atoms with Crippen molar-refractivity contribution in [3.63, 3.8) is 0 Å². The lowest BCUT2D eigenvalue weighted by Gasteiger charge is -2.71. The van der Waals surface area contributed by atoms with Crippen molar-refractivity contribution < 1.29 is 24.1 Å². The van der Waals surface area contributed by atoms with Crippen LogP contribution in [0.2, 0.25) is 0 Å². The van der Waals surface area contributed by atoms with Crippen molar-refractivity contribution in [3.8, 4) is 0 Å². The highest BCUT2D eigenvalue weighted by atomic mass is 16.5. The lowest BCUT2D eigenvalue weighted by atomic mass is 9.34. The van der Waals surface area contributed by atoms with E-state index in [0.29, 0.717) is 42.8 Å². The maximum Gasteiger partial charge on any atom is 0.307 e. The summed E-state index contributed by atoms with van der Waals surface area (Å²) in [5, 5.41) is 11.0. The third-order valence-corrected chi connectivity index (χ3v) is 16.2. The summed E-state index contributed by atoms with van der Waals surface area (Å²) in [6, 6.07) is 0. The van der Waals surface area contributed by atoms with Gasteiger partial charge < -0.3 is 24.2 Å². The first kappa shape index (κ1) is 35.4. The number of rotatable bonds is 9. The molecule has 4 fully saturated rings. The Labute approximate surface area is 275 Å². The molecule has 1 heterocycles. The second-order valence-electron chi connectivity index (χ2n) is 18.5. The van der Waals surface area contributed by atoms with Gasteiger partial charge in [0, 0.05) is 23.5 Å². The zero-order valence-electron chi connectivity index (χ0n) is 31.1. The van der Waals surface area contributed by atoms with Crippen molar-refractivity contribution in [1.29, 1.82) is 0 Å². The smallest absolute Gasteiger partial charge is 0.307 e. The Morgan fingerprint density at radius 1 is 1.07 bits per heavy atom. The lowest BCUT2D eigenvalue weighted by Crippen LogP contribution is -2.70. The number of allylic oxidation sites excluding steroid dienone is 1. The van der Waals surface area contributed by atoms with E-state index >= 15 is 0 Å². The highest BCUT2D eigenvalue weighted by Gasteiger charge is 2.71. The van der Waals surface area contributed by atoms with Gasteiger partial charge in [0.25, 0.3) is 0 Å². The van der Waals surface area contributed by atoms with E-state index in [-0.39, 0.29) is 50.7 Å². The van der Waals surface area contributed by atoms with Crippen LogP contribution < -0.4 is 0 Å². The monoisotopic (exact) mass is 630 g/mol. The van der Waals surface area contributed by atoms with Gasteiger partial charge in [-0.3, -0.25) is 4.79 Å². The molecule has 2 bridgehead atoms. The lowest BCUT2D eigenvalue weighted by molar-refractivity contribution is -0.271. The molecule has 0 spiro atoms. The van der Waals surface area contributed by atoms with Gasteiger partial charge in [0.05, 0.1) is 37.9 Å². The van der Waals surface area contributed by atoms with E-state index in [2.05, 4.69) is 94.3 Å². The molecule has 5 rings (SSSR count). The van der Waals surface area contributed by atoms with Crippen molar-refractivity contribution in [3.05, 3.63) is 11.6 Å². The number of hydrogen-bond acceptors (Lipinski definition) is 5. The molecule has 258 valence electrons. The summed E-state index contributed by atoms with van der Waals surface area (Å²) < 4.78 is 20.1. The van der Waals surface area contributed by atoms with Crippen molar-refractivity contribution in [2.75, 3.05) is 41.0 Å². The van der Waals surface area contributed by atoms with E-state index in [4.69, 9.17) is 14.2 Å². The fourth-order valence-electron chi connectivity index (χ4n) is 12.2. The van der Waals surface area contributed by atoms with E-state index in [1.54, 1.807) is 5.57 Å². The van der Waals surface area contributed by atoms with Gasteiger partial charge >= 0.3 is 5.97 Å². The van der Waals surface area contributed by atoms with E-state index in [1.807, 2.05) is 7.11 Å². The third-order valence-electron chi connectivity index (χ3n) is 16.2. The first-order valence-electron chi connectivity index (χ1n) is 18.1. The molecule has 0 aromatic heterocycles. The minimum absolute atomic E-state index is 0.0113. The Kier molecular flexibility index (Phi) is 9.11. The largest absolute Gasteiger partial charge is 0.481 e. The molecule has 6 nitrogen and oxygen atoms in total. The van der Waals surface area contributed by atoms with E-state index in [9.17, 15) is 9.90 Å². The second kappa shape index (κ2) is 11.6. The standard InChI is InChI=1S/C39H67NO5/c1-24(2)26(5)34(6)18-19-36(8)27-14-15-30-35(7)21-44-23-39(30,28(27)16-17-37(36,9)31(34)33(41)42)20-29(43-13)32(35)45-22-38(10,25(3)4)40(11)12/h16,24-27,29-32H,14-15,17-23H2,1-13H3,(H,41,42)/t26-,27+,29-,30+,31-,32+,34-,35?,36-,37+,38+,39+/m1/s1. The van der Waals surface area contributed by atoms with Gasteiger partial charge in [0.1, 0.15) is 0 Å². The zero-order valence-corrected chi connectivity index (χ0v) is 31.1. The molecule has 6 heteroatoms. The minimum Gasteiger partial charge on any atom is -0.481 e. The first-order valence-corrected chi connectivity index (χ1v) is 18.1. The first-order chi connectivity index (χ1) is 20.8. The molecule has 4 aliphatic carbocycles. The highest BCUT2D eigenvalue weighted by Crippen LogP contribution is 2.75. The number of aliphatic carboxylic acids is 1. The van der Waals surface area contributed by atoms with E-state index < -0.39 is 5.97 Å². The normalized spacial score (nSPS) is 46.6. The predicted octanol–water partition coefficient (Wildman–Crippen LogP) is 7.95.